The first-order valence-electron chi connectivity index (χ1n) is 4.10. The Bertz CT molecular complexity index is 483. The summed E-state index contributed by atoms with van der Waals surface area (Å²) in [5.74, 6) is 2.47. The molecule has 0 saturated carbocycles. The summed E-state index contributed by atoms with van der Waals surface area (Å²) in [7, 11) is 0. The van der Waals surface area contributed by atoms with E-state index in [-0.39, 0.29) is 0 Å². The molecule has 0 amide bonds. The molecule has 1 aromatic heterocycles. The Balaban J connectivity index is 2.59. The highest BCUT2D eigenvalue weighted by atomic mass is 14.9. The van der Waals surface area contributed by atoms with Gasteiger partial charge < -0.3 is 4.57 Å². The van der Waals surface area contributed by atoms with Crippen molar-refractivity contribution in [3.8, 4) is 12.3 Å². The third kappa shape index (κ3) is 1.34. The van der Waals surface area contributed by atoms with Crippen LogP contribution >= 0.6 is 0 Å². The Morgan fingerprint density at radius 1 is 1.23 bits per heavy atom. The minimum atomic E-state index is 1.18. The number of nitrogens with zero attached hydrogens (tertiary/aromatic N) is 1. The van der Waals surface area contributed by atoms with Crippen LogP contribution in [0.3, 0.4) is 0 Å². The lowest BCUT2D eigenvalue weighted by atomic mass is 10.2. The summed E-state index contributed by atoms with van der Waals surface area (Å²) in [6.07, 6.45) is 10.7. The van der Waals surface area contributed by atoms with E-state index in [1.54, 1.807) is 6.08 Å². The highest BCUT2D eigenvalue weighted by Crippen LogP contribution is 2.14. The SMILES string of the molecule is C#CC=Cn1ccc2ccccc21. The maximum absolute atomic E-state index is 5.14. The predicted octanol–water partition coefficient (Wildman–Crippen LogP) is 2.75. The molecule has 0 aliphatic carbocycles. The minimum absolute atomic E-state index is 1.18. The van der Waals surface area contributed by atoms with Crippen LogP contribution in [0.5, 0.6) is 0 Å². The quantitative estimate of drug-likeness (QED) is 0.575. The number of para-hydroxylation sites is 1. The van der Waals surface area contributed by atoms with Gasteiger partial charge in [-0.15, -0.1) is 6.42 Å². The molecule has 0 spiro atoms. The molecule has 2 rings (SSSR count). The first-order chi connectivity index (χ1) is 6.42. The largest absolute Gasteiger partial charge is 0.323 e. The molecule has 2 aromatic rings. The number of aromatic nitrogens is 1. The van der Waals surface area contributed by atoms with Gasteiger partial charge in [-0.3, -0.25) is 0 Å². The van der Waals surface area contributed by atoms with Crippen LogP contribution in [0.4, 0.5) is 0 Å². The zero-order valence-corrected chi connectivity index (χ0v) is 7.14. The van der Waals surface area contributed by atoms with E-state index in [2.05, 4.69) is 24.1 Å². The lowest BCUT2D eigenvalue weighted by molar-refractivity contribution is 1.23. The lowest BCUT2D eigenvalue weighted by Crippen LogP contribution is -1.80. The molecule has 0 saturated heterocycles. The summed E-state index contributed by atoms with van der Waals surface area (Å²) >= 11 is 0. The second kappa shape index (κ2) is 3.20. The Kier molecular flexibility index (Phi) is 1.90. The monoisotopic (exact) mass is 167 g/mol. The van der Waals surface area contributed by atoms with Crippen molar-refractivity contribution in [3.05, 3.63) is 42.6 Å². The molecule has 1 heterocycles. The van der Waals surface area contributed by atoms with Crippen LogP contribution < -0.4 is 0 Å². The van der Waals surface area contributed by atoms with Gasteiger partial charge in [0.15, 0.2) is 0 Å². The second-order valence-corrected chi connectivity index (χ2v) is 2.76. The highest BCUT2D eigenvalue weighted by Gasteiger charge is 1.94. The van der Waals surface area contributed by atoms with Crippen LogP contribution in [-0.4, -0.2) is 4.57 Å². The second-order valence-electron chi connectivity index (χ2n) is 2.76. The van der Waals surface area contributed by atoms with E-state index in [1.165, 1.54) is 10.9 Å². The van der Waals surface area contributed by atoms with Gasteiger partial charge >= 0.3 is 0 Å². The third-order valence-corrected chi connectivity index (χ3v) is 1.96. The van der Waals surface area contributed by atoms with Crippen LogP contribution in [0.25, 0.3) is 17.1 Å². The molecule has 0 radical (unpaired) electrons. The molecule has 0 aliphatic rings. The fourth-order valence-electron chi connectivity index (χ4n) is 1.36. The maximum Gasteiger partial charge on any atom is 0.0522 e. The van der Waals surface area contributed by atoms with Gasteiger partial charge in [0.1, 0.15) is 0 Å². The normalized spacial score (nSPS) is 10.7. The molecule has 0 unspecified atom stereocenters. The van der Waals surface area contributed by atoms with Crippen LogP contribution in [0, 0.1) is 12.3 Å². The average Bonchev–Trinajstić information content (AvgIpc) is 2.58. The Hall–Kier alpha value is -1.94. The van der Waals surface area contributed by atoms with Gasteiger partial charge in [-0.2, -0.15) is 0 Å². The van der Waals surface area contributed by atoms with Gasteiger partial charge in [0.2, 0.25) is 0 Å². The van der Waals surface area contributed by atoms with E-state index in [0.29, 0.717) is 0 Å². The smallest absolute Gasteiger partial charge is 0.0522 e. The molecular formula is C12H9N. The molecule has 1 heteroatoms. The van der Waals surface area contributed by atoms with Crippen molar-refractivity contribution in [2.45, 2.75) is 0 Å². The standard InChI is InChI=1S/C12H9N/c1-2-3-9-13-10-8-11-6-4-5-7-12(11)13/h1,3-10H. The van der Waals surface area contributed by atoms with Gasteiger partial charge in [-0.1, -0.05) is 24.1 Å². The van der Waals surface area contributed by atoms with Gasteiger partial charge in [-0.05, 0) is 17.5 Å². The first kappa shape index (κ1) is 7.70. The lowest BCUT2D eigenvalue weighted by Gasteiger charge is -1.94. The summed E-state index contributed by atoms with van der Waals surface area (Å²) < 4.78 is 2.01. The Labute approximate surface area is 77.3 Å². The number of benzene rings is 1. The van der Waals surface area contributed by atoms with Crippen LogP contribution in [0.15, 0.2) is 42.6 Å². The molecule has 62 valence electrons. The van der Waals surface area contributed by atoms with Crippen molar-refractivity contribution in [2.24, 2.45) is 0 Å². The summed E-state index contributed by atoms with van der Waals surface area (Å²) in [6, 6.07) is 10.3. The number of rotatable bonds is 1. The van der Waals surface area contributed by atoms with Gasteiger partial charge in [-0.25, -0.2) is 0 Å². The van der Waals surface area contributed by atoms with E-state index in [1.807, 2.05) is 29.1 Å². The molecule has 0 N–H and O–H groups in total. The van der Waals surface area contributed by atoms with E-state index < -0.39 is 0 Å². The summed E-state index contributed by atoms with van der Waals surface area (Å²) in [4.78, 5) is 0. The van der Waals surface area contributed by atoms with Crippen molar-refractivity contribution >= 4 is 17.1 Å². The minimum Gasteiger partial charge on any atom is -0.323 e. The zero-order valence-electron chi connectivity index (χ0n) is 7.14. The zero-order chi connectivity index (χ0) is 9.10. The first-order valence-corrected chi connectivity index (χ1v) is 4.10. The average molecular weight is 167 g/mol. The third-order valence-electron chi connectivity index (χ3n) is 1.96. The van der Waals surface area contributed by atoms with Crippen LogP contribution in [0.2, 0.25) is 0 Å². The summed E-state index contributed by atoms with van der Waals surface area (Å²) in [5.41, 5.74) is 1.18. The summed E-state index contributed by atoms with van der Waals surface area (Å²) in [6.45, 7) is 0. The van der Waals surface area contributed by atoms with Crippen molar-refractivity contribution in [1.82, 2.24) is 4.57 Å². The van der Waals surface area contributed by atoms with E-state index >= 15 is 0 Å². The molecule has 1 nitrogen and oxygen atoms in total. The molecular weight excluding hydrogens is 158 g/mol. The fourth-order valence-corrected chi connectivity index (χ4v) is 1.36. The molecule has 0 aliphatic heterocycles. The number of allylic oxidation sites excluding steroid dienone is 1. The predicted molar refractivity (Wildman–Crippen MR) is 56.1 cm³/mol. The molecule has 1 aromatic carbocycles. The van der Waals surface area contributed by atoms with E-state index in [9.17, 15) is 0 Å². The number of fused-ring (bicyclic) bond motifs is 1. The highest BCUT2D eigenvalue weighted by molar-refractivity contribution is 5.81. The van der Waals surface area contributed by atoms with Crippen molar-refractivity contribution in [1.29, 1.82) is 0 Å². The molecule has 0 fully saturated rings. The van der Waals surface area contributed by atoms with Crippen LogP contribution in [-0.2, 0) is 0 Å². The Morgan fingerprint density at radius 2 is 2.08 bits per heavy atom. The van der Waals surface area contributed by atoms with Crippen LogP contribution in [0.1, 0.15) is 0 Å². The van der Waals surface area contributed by atoms with Crippen molar-refractivity contribution < 1.29 is 0 Å². The van der Waals surface area contributed by atoms with Crippen molar-refractivity contribution in [3.63, 3.8) is 0 Å². The van der Waals surface area contributed by atoms with Gasteiger partial charge in [0.25, 0.3) is 0 Å². The number of hydrogen-bond acceptors (Lipinski definition) is 0. The van der Waals surface area contributed by atoms with Gasteiger partial charge in [0.05, 0.1) is 5.52 Å². The topological polar surface area (TPSA) is 4.93 Å². The fraction of sp³-hybridized carbons (Fsp3) is 0. The Morgan fingerprint density at radius 3 is 2.92 bits per heavy atom. The maximum atomic E-state index is 5.14. The summed E-state index contributed by atoms with van der Waals surface area (Å²) in [5, 5.41) is 1.23. The number of hydrogen-bond donors (Lipinski definition) is 0. The molecule has 0 bridgehead atoms. The van der Waals surface area contributed by atoms with E-state index in [4.69, 9.17) is 6.42 Å². The number of terminal acetylenes is 1. The van der Waals surface area contributed by atoms with Crippen molar-refractivity contribution in [2.75, 3.05) is 0 Å². The van der Waals surface area contributed by atoms with E-state index in [0.717, 1.165) is 0 Å². The molecule has 13 heavy (non-hydrogen) atoms. The molecule has 0 atom stereocenters. The van der Waals surface area contributed by atoms with Gasteiger partial charge in [0, 0.05) is 18.5 Å².